The Morgan fingerprint density at radius 2 is 2.00 bits per heavy atom. The highest BCUT2D eigenvalue weighted by Gasteiger charge is 2.22. The second-order valence-corrected chi connectivity index (χ2v) is 7.57. The second kappa shape index (κ2) is 8.43. The SMILES string of the molecule is CCOC(=O)c1c(NC(=O)CCCn2c(=O)oc3ccccc32)sc(C)c1C. The van der Waals surface area contributed by atoms with Crippen molar-refractivity contribution in [1.82, 2.24) is 4.57 Å². The number of hydrogen-bond acceptors (Lipinski definition) is 6. The number of fused-ring (bicyclic) bond motifs is 1. The molecule has 0 saturated carbocycles. The van der Waals surface area contributed by atoms with Crippen LogP contribution < -0.4 is 11.1 Å². The van der Waals surface area contributed by atoms with Crippen LogP contribution in [-0.2, 0) is 16.1 Å². The summed E-state index contributed by atoms with van der Waals surface area (Å²) < 4.78 is 11.8. The molecule has 2 heterocycles. The Labute approximate surface area is 165 Å². The molecule has 0 atom stereocenters. The molecule has 1 aromatic carbocycles. The molecule has 0 unspecified atom stereocenters. The molecule has 1 amide bonds. The van der Waals surface area contributed by atoms with E-state index in [1.54, 1.807) is 19.1 Å². The van der Waals surface area contributed by atoms with E-state index < -0.39 is 11.7 Å². The Balaban J connectivity index is 1.65. The summed E-state index contributed by atoms with van der Waals surface area (Å²) >= 11 is 1.36. The number of aromatic nitrogens is 1. The molecular weight excluding hydrogens is 380 g/mol. The number of hydrogen-bond donors (Lipinski definition) is 1. The molecule has 148 valence electrons. The number of ether oxygens (including phenoxy) is 1. The van der Waals surface area contributed by atoms with E-state index in [0.29, 0.717) is 34.6 Å². The normalized spacial score (nSPS) is 11.0. The van der Waals surface area contributed by atoms with Crippen LogP contribution in [0.3, 0.4) is 0 Å². The molecule has 0 aliphatic carbocycles. The minimum Gasteiger partial charge on any atom is -0.462 e. The highest BCUT2D eigenvalue weighted by atomic mass is 32.1. The van der Waals surface area contributed by atoms with E-state index in [2.05, 4.69) is 5.32 Å². The summed E-state index contributed by atoms with van der Waals surface area (Å²) in [6.45, 7) is 6.12. The smallest absolute Gasteiger partial charge is 0.419 e. The van der Waals surface area contributed by atoms with Gasteiger partial charge in [0.15, 0.2) is 5.58 Å². The van der Waals surface area contributed by atoms with E-state index in [1.165, 1.54) is 15.9 Å². The first-order valence-electron chi connectivity index (χ1n) is 9.07. The van der Waals surface area contributed by atoms with Gasteiger partial charge in [-0.25, -0.2) is 9.59 Å². The minimum absolute atomic E-state index is 0.213. The second-order valence-electron chi connectivity index (χ2n) is 6.35. The molecule has 7 nitrogen and oxygen atoms in total. The van der Waals surface area contributed by atoms with Crippen LogP contribution in [0.2, 0.25) is 0 Å². The van der Waals surface area contributed by atoms with E-state index in [4.69, 9.17) is 9.15 Å². The first kappa shape index (κ1) is 19.9. The maximum absolute atomic E-state index is 12.4. The molecule has 8 heteroatoms. The molecule has 0 aliphatic heterocycles. The van der Waals surface area contributed by atoms with E-state index in [0.717, 1.165) is 10.4 Å². The lowest BCUT2D eigenvalue weighted by Crippen LogP contribution is -2.17. The quantitative estimate of drug-likeness (QED) is 0.606. The Kier molecular flexibility index (Phi) is 5.99. The van der Waals surface area contributed by atoms with Crippen molar-refractivity contribution in [2.45, 2.75) is 40.2 Å². The van der Waals surface area contributed by atoms with Crippen molar-refractivity contribution in [1.29, 1.82) is 0 Å². The summed E-state index contributed by atoms with van der Waals surface area (Å²) in [6.07, 6.45) is 0.678. The number of oxazole rings is 1. The zero-order valence-electron chi connectivity index (χ0n) is 16.0. The molecule has 3 aromatic rings. The van der Waals surface area contributed by atoms with Gasteiger partial charge in [0.25, 0.3) is 0 Å². The highest BCUT2D eigenvalue weighted by molar-refractivity contribution is 7.16. The fourth-order valence-corrected chi connectivity index (χ4v) is 4.04. The number of rotatable bonds is 7. The van der Waals surface area contributed by atoms with Gasteiger partial charge < -0.3 is 14.5 Å². The topological polar surface area (TPSA) is 90.5 Å². The van der Waals surface area contributed by atoms with Gasteiger partial charge in [-0.15, -0.1) is 11.3 Å². The Hall–Kier alpha value is -2.87. The minimum atomic E-state index is -0.435. The van der Waals surface area contributed by atoms with E-state index >= 15 is 0 Å². The van der Waals surface area contributed by atoms with Crippen LogP contribution in [-0.4, -0.2) is 23.1 Å². The highest BCUT2D eigenvalue weighted by Crippen LogP contribution is 2.33. The van der Waals surface area contributed by atoms with Gasteiger partial charge in [-0.05, 0) is 44.9 Å². The number of carbonyl (C=O) groups is 2. The monoisotopic (exact) mass is 402 g/mol. The molecular formula is C20H22N2O5S. The number of amides is 1. The molecule has 0 radical (unpaired) electrons. The lowest BCUT2D eigenvalue weighted by atomic mass is 10.1. The van der Waals surface area contributed by atoms with Gasteiger partial charge >= 0.3 is 11.7 Å². The summed E-state index contributed by atoms with van der Waals surface area (Å²) in [6, 6.07) is 7.18. The number of aryl methyl sites for hydroxylation is 2. The molecule has 0 spiro atoms. The predicted molar refractivity (Wildman–Crippen MR) is 108 cm³/mol. The van der Waals surface area contributed by atoms with E-state index in [-0.39, 0.29) is 18.9 Å². The molecule has 0 aliphatic rings. The summed E-state index contributed by atoms with van der Waals surface area (Å²) in [4.78, 5) is 37.5. The Bertz CT molecular complexity index is 1080. The standard InChI is InChI=1S/C20H22N2O5S/c1-4-26-19(24)17-12(2)13(3)28-18(17)21-16(23)10-7-11-22-14-8-5-6-9-15(14)27-20(22)25/h5-6,8-9H,4,7,10-11H2,1-3H3,(H,21,23). The van der Waals surface area contributed by atoms with Gasteiger partial charge in [0.1, 0.15) is 5.00 Å². The average Bonchev–Trinajstić information content (AvgIpc) is 3.11. The molecule has 28 heavy (non-hydrogen) atoms. The van der Waals surface area contributed by atoms with Gasteiger partial charge in [-0.3, -0.25) is 9.36 Å². The lowest BCUT2D eigenvalue weighted by molar-refractivity contribution is -0.116. The van der Waals surface area contributed by atoms with Crippen LogP contribution in [0.25, 0.3) is 11.1 Å². The number of nitrogens with one attached hydrogen (secondary N) is 1. The van der Waals surface area contributed by atoms with E-state index in [1.807, 2.05) is 26.0 Å². The van der Waals surface area contributed by atoms with Crippen molar-refractivity contribution < 1.29 is 18.7 Å². The maximum atomic E-state index is 12.4. The fourth-order valence-electron chi connectivity index (χ4n) is 2.98. The summed E-state index contributed by atoms with van der Waals surface area (Å²) in [5, 5.41) is 3.32. The average molecular weight is 402 g/mol. The molecule has 0 bridgehead atoms. The molecule has 1 N–H and O–H groups in total. The summed E-state index contributed by atoms with van der Waals surface area (Å²) in [5.41, 5.74) is 2.47. The summed E-state index contributed by atoms with van der Waals surface area (Å²) in [5.74, 6) is -1.08. The largest absolute Gasteiger partial charge is 0.462 e. The Morgan fingerprint density at radius 1 is 1.25 bits per heavy atom. The number of esters is 1. The number of nitrogens with zero attached hydrogens (tertiary/aromatic N) is 1. The zero-order chi connectivity index (χ0) is 20.3. The lowest BCUT2D eigenvalue weighted by Gasteiger charge is -2.07. The predicted octanol–water partition coefficient (Wildman–Crippen LogP) is 3.87. The third kappa shape index (κ3) is 4.01. The number of anilines is 1. The van der Waals surface area contributed by atoms with Crippen LogP contribution in [0.15, 0.2) is 33.5 Å². The Morgan fingerprint density at radius 3 is 2.75 bits per heavy atom. The van der Waals surface area contributed by atoms with Gasteiger partial charge in [0, 0.05) is 17.8 Å². The van der Waals surface area contributed by atoms with Crippen molar-refractivity contribution in [3.8, 4) is 0 Å². The van der Waals surface area contributed by atoms with Gasteiger partial charge in [0.05, 0.1) is 17.7 Å². The van der Waals surface area contributed by atoms with Crippen molar-refractivity contribution in [2.24, 2.45) is 0 Å². The first-order chi connectivity index (χ1) is 13.4. The molecule has 0 saturated heterocycles. The van der Waals surface area contributed by atoms with Gasteiger partial charge in [-0.1, -0.05) is 12.1 Å². The maximum Gasteiger partial charge on any atom is 0.419 e. The summed E-state index contributed by atoms with van der Waals surface area (Å²) in [7, 11) is 0. The third-order valence-corrected chi connectivity index (χ3v) is 5.60. The van der Waals surface area contributed by atoms with Crippen LogP contribution in [0.1, 0.15) is 40.6 Å². The van der Waals surface area contributed by atoms with Gasteiger partial charge in [-0.2, -0.15) is 0 Å². The fraction of sp³-hybridized carbons (Fsp3) is 0.350. The third-order valence-electron chi connectivity index (χ3n) is 4.48. The number of carbonyl (C=O) groups excluding carboxylic acids is 2. The molecule has 3 rings (SSSR count). The van der Waals surface area contributed by atoms with Crippen LogP contribution in [0, 0.1) is 13.8 Å². The van der Waals surface area contributed by atoms with Crippen molar-refractivity contribution >= 4 is 39.3 Å². The van der Waals surface area contributed by atoms with Crippen LogP contribution in [0.5, 0.6) is 0 Å². The number of thiophene rings is 1. The molecule has 2 aromatic heterocycles. The molecule has 0 fully saturated rings. The zero-order valence-corrected chi connectivity index (χ0v) is 16.9. The van der Waals surface area contributed by atoms with Gasteiger partial charge in [0.2, 0.25) is 5.91 Å². The number of para-hydroxylation sites is 2. The van der Waals surface area contributed by atoms with Crippen molar-refractivity contribution in [3.05, 3.63) is 50.8 Å². The van der Waals surface area contributed by atoms with Crippen molar-refractivity contribution in [3.63, 3.8) is 0 Å². The van der Waals surface area contributed by atoms with Crippen LogP contribution >= 0.6 is 11.3 Å². The van der Waals surface area contributed by atoms with Crippen molar-refractivity contribution in [2.75, 3.05) is 11.9 Å². The first-order valence-corrected chi connectivity index (χ1v) is 9.89. The number of benzene rings is 1. The van der Waals surface area contributed by atoms with E-state index in [9.17, 15) is 14.4 Å². The van der Waals surface area contributed by atoms with Crippen LogP contribution in [0.4, 0.5) is 5.00 Å².